The molecule has 0 aliphatic heterocycles. The molecule has 0 aliphatic rings. The van der Waals surface area contributed by atoms with Gasteiger partial charge in [0.05, 0.1) is 14.2 Å². The average molecular weight is 273 g/mol. The number of aliphatic hydroxyl groups is 1. The van der Waals surface area contributed by atoms with Crippen LogP contribution in [0.5, 0.6) is 5.75 Å². The number of halogens is 1. The number of hydrogen-bond donors (Lipinski definition) is 1. The molecule has 0 saturated carbocycles. The molecule has 4 nitrogen and oxygen atoms in total. The van der Waals surface area contributed by atoms with E-state index in [1.807, 2.05) is 13.8 Å². The maximum atomic E-state index is 11.5. The fourth-order valence-electron chi connectivity index (χ4n) is 1.93. The average Bonchev–Trinajstić information content (AvgIpc) is 2.38. The van der Waals surface area contributed by atoms with Crippen LogP contribution in [-0.4, -0.2) is 25.3 Å². The molecule has 0 saturated heterocycles. The number of aliphatic hydroxyl groups excluding tert-OH is 1. The Morgan fingerprint density at radius 3 is 2.17 bits per heavy atom. The van der Waals surface area contributed by atoms with Gasteiger partial charge in [-0.3, -0.25) is 0 Å². The minimum Gasteiger partial charge on any atom is -0.496 e. The molecule has 0 fully saturated rings. The minimum absolute atomic E-state index is 0.359. The zero-order chi connectivity index (χ0) is 14.0. The van der Waals surface area contributed by atoms with Gasteiger partial charge in [-0.25, -0.2) is 4.79 Å². The summed E-state index contributed by atoms with van der Waals surface area (Å²) in [6.45, 7) is 5.42. The van der Waals surface area contributed by atoms with Gasteiger partial charge in [0.2, 0.25) is 0 Å². The Morgan fingerprint density at radius 2 is 1.72 bits per heavy atom. The first-order valence-electron chi connectivity index (χ1n) is 5.45. The molecule has 0 aromatic heterocycles. The van der Waals surface area contributed by atoms with Crippen LogP contribution >= 0.6 is 11.6 Å². The van der Waals surface area contributed by atoms with Gasteiger partial charge in [-0.15, -0.1) is 0 Å². The summed E-state index contributed by atoms with van der Waals surface area (Å²) in [6.07, 6.45) is -1.40. The van der Waals surface area contributed by atoms with Crippen LogP contribution in [0.4, 0.5) is 0 Å². The van der Waals surface area contributed by atoms with Crippen LogP contribution < -0.4 is 4.74 Å². The molecule has 100 valence electrons. The topological polar surface area (TPSA) is 55.8 Å². The lowest BCUT2D eigenvalue weighted by Crippen LogP contribution is -2.17. The summed E-state index contributed by atoms with van der Waals surface area (Å²) in [6, 6.07) is 0. The molecule has 1 unspecified atom stereocenters. The van der Waals surface area contributed by atoms with E-state index < -0.39 is 12.1 Å². The van der Waals surface area contributed by atoms with Crippen molar-refractivity contribution in [3.05, 3.63) is 27.3 Å². The standard InChI is InChI=1S/C13H17ClO4/c1-6-7(2)12(17-4)9(8(3)10(6)14)11(15)13(16)18-5/h11,15H,1-5H3. The molecule has 0 radical (unpaired) electrons. The zero-order valence-electron chi connectivity index (χ0n) is 11.1. The van der Waals surface area contributed by atoms with E-state index in [0.717, 1.165) is 11.1 Å². The van der Waals surface area contributed by atoms with Crippen molar-refractivity contribution in [3.63, 3.8) is 0 Å². The van der Waals surface area contributed by atoms with Gasteiger partial charge in [0.1, 0.15) is 5.75 Å². The highest BCUT2D eigenvalue weighted by atomic mass is 35.5. The quantitative estimate of drug-likeness (QED) is 0.859. The first-order valence-corrected chi connectivity index (χ1v) is 5.83. The second kappa shape index (κ2) is 5.59. The zero-order valence-corrected chi connectivity index (χ0v) is 11.9. The van der Waals surface area contributed by atoms with E-state index in [1.54, 1.807) is 6.92 Å². The number of esters is 1. The summed E-state index contributed by atoms with van der Waals surface area (Å²) >= 11 is 6.19. The van der Waals surface area contributed by atoms with Crippen molar-refractivity contribution in [1.29, 1.82) is 0 Å². The second-order valence-corrected chi connectivity index (χ2v) is 4.44. The molecule has 0 heterocycles. The van der Waals surface area contributed by atoms with Gasteiger partial charge in [0.15, 0.2) is 6.10 Å². The van der Waals surface area contributed by atoms with Crippen LogP contribution in [0, 0.1) is 20.8 Å². The van der Waals surface area contributed by atoms with Crippen LogP contribution in [0.1, 0.15) is 28.4 Å². The predicted octanol–water partition coefficient (Wildman–Crippen LogP) is 2.48. The molecule has 18 heavy (non-hydrogen) atoms. The molecule has 0 aliphatic carbocycles. The summed E-state index contributed by atoms with van der Waals surface area (Å²) in [5, 5.41) is 10.5. The Kier molecular flexibility index (Phi) is 4.59. The van der Waals surface area contributed by atoms with E-state index >= 15 is 0 Å². The van der Waals surface area contributed by atoms with E-state index in [-0.39, 0.29) is 0 Å². The highest BCUT2D eigenvalue weighted by Gasteiger charge is 2.27. The van der Waals surface area contributed by atoms with E-state index in [4.69, 9.17) is 16.3 Å². The summed E-state index contributed by atoms with van der Waals surface area (Å²) in [7, 11) is 2.71. The molecule has 1 atom stereocenters. The number of carbonyl (C=O) groups is 1. The molecule has 5 heteroatoms. The molecule has 1 aromatic carbocycles. The van der Waals surface area contributed by atoms with Gasteiger partial charge in [-0.05, 0) is 37.5 Å². The third-order valence-electron chi connectivity index (χ3n) is 3.11. The number of carbonyl (C=O) groups excluding carboxylic acids is 1. The van der Waals surface area contributed by atoms with Gasteiger partial charge < -0.3 is 14.6 Å². The lowest BCUT2D eigenvalue weighted by Gasteiger charge is -2.20. The first kappa shape index (κ1) is 14.8. The third kappa shape index (κ3) is 2.31. The summed E-state index contributed by atoms with van der Waals surface area (Å²) in [5.41, 5.74) is 2.64. The van der Waals surface area contributed by atoms with Crippen LogP contribution in [0.15, 0.2) is 0 Å². The fraction of sp³-hybridized carbons (Fsp3) is 0.462. The van der Waals surface area contributed by atoms with Gasteiger partial charge in [-0.1, -0.05) is 11.6 Å². The van der Waals surface area contributed by atoms with Crippen molar-refractivity contribution in [3.8, 4) is 5.75 Å². The van der Waals surface area contributed by atoms with Crippen LogP contribution in [-0.2, 0) is 9.53 Å². The summed E-state index contributed by atoms with van der Waals surface area (Å²) < 4.78 is 9.83. The Balaban J connectivity index is 3.56. The molecule has 1 rings (SSSR count). The molecule has 0 bridgehead atoms. The first-order chi connectivity index (χ1) is 8.36. The lowest BCUT2D eigenvalue weighted by molar-refractivity contribution is -0.150. The van der Waals surface area contributed by atoms with Crippen LogP contribution in [0.25, 0.3) is 0 Å². The fourth-order valence-corrected chi connectivity index (χ4v) is 2.17. The highest BCUT2D eigenvalue weighted by molar-refractivity contribution is 6.32. The molecule has 1 aromatic rings. The maximum absolute atomic E-state index is 11.5. The van der Waals surface area contributed by atoms with Crippen LogP contribution in [0.2, 0.25) is 5.02 Å². The van der Waals surface area contributed by atoms with E-state index in [9.17, 15) is 9.90 Å². The Bertz CT molecular complexity index is 483. The van der Waals surface area contributed by atoms with E-state index in [0.29, 0.717) is 21.9 Å². The van der Waals surface area contributed by atoms with Gasteiger partial charge in [0, 0.05) is 10.6 Å². The Hall–Kier alpha value is -1.26. The number of hydrogen-bond acceptors (Lipinski definition) is 4. The lowest BCUT2D eigenvalue weighted by atomic mass is 9.95. The van der Waals surface area contributed by atoms with Crippen molar-refractivity contribution >= 4 is 17.6 Å². The largest absolute Gasteiger partial charge is 0.496 e. The van der Waals surface area contributed by atoms with Gasteiger partial charge in [-0.2, -0.15) is 0 Å². The van der Waals surface area contributed by atoms with Crippen molar-refractivity contribution in [2.75, 3.05) is 14.2 Å². The summed E-state index contributed by atoms with van der Waals surface area (Å²) in [5.74, 6) is -0.275. The smallest absolute Gasteiger partial charge is 0.339 e. The summed E-state index contributed by atoms with van der Waals surface area (Å²) in [4.78, 5) is 11.5. The van der Waals surface area contributed by atoms with Crippen molar-refractivity contribution < 1.29 is 19.4 Å². The van der Waals surface area contributed by atoms with Gasteiger partial charge in [0.25, 0.3) is 0 Å². The molecule has 0 amide bonds. The SMILES string of the molecule is COC(=O)C(O)c1c(C)c(Cl)c(C)c(C)c1OC. The third-order valence-corrected chi connectivity index (χ3v) is 3.68. The maximum Gasteiger partial charge on any atom is 0.339 e. The Morgan fingerprint density at radius 1 is 1.17 bits per heavy atom. The molecule has 1 N–H and O–H groups in total. The molecule has 0 spiro atoms. The van der Waals surface area contributed by atoms with Crippen molar-refractivity contribution in [2.24, 2.45) is 0 Å². The highest BCUT2D eigenvalue weighted by Crippen LogP contribution is 2.39. The number of methoxy groups -OCH3 is 2. The van der Waals surface area contributed by atoms with E-state index in [2.05, 4.69) is 4.74 Å². The van der Waals surface area contributed by atoms with Crippen molar-refractivity contribution in [1.82, 2.24) is 0 Å². The van der Waals surface area contributed by atoms with Crippen molar-refractivity contribution in [2.45, 2.75) is 26.9 Å². The molecular formula is C13H17ClO4. The minimum atomic E-state index is -1.40. The van der Waals surface area contributed by atoms with Gasteiger partial charge >= 0.3 is 5.97 Å². The van der Waals surface area contributed by atoms with E-state index in [1.165, 1.54) is 14.2 Å². The predicted molar refractivity (Wildman–Crippen MR) is 69.2 cm³/mol. The number of ether oxygens (including phenoxy) is 2. The normalized spacial score (nSPS) is 12.2. The van der Waals surface area contributed by atoms with Crippen LogP contribution in [0.3, 0.4) is 0 Å². The Labute approximate surface area is 111 Å². The number of rotatable bonds is 3. The second-order valence-electron chi connectivity index (χ2n) is 4.06. The number of benzene rings is 1. The molecular weight excluding hydrogens is 256 g/mol. The monoisotopic (exact) mass is 272 g/mol.